The average molecular weight is 203 g/mol. The van der Waals surface area contributed by atoms with E-state index in [9.17, 15) is 0 Å². The van der Waals surface area contributed by atoms with Crippen LogP contribution >= 0.6 is 0 Å². The molecule has 0 amide bonds. The van der Waals surface area contributed by atoms with Crippen LogP contribution in [0, 0.1) is 0 Å². The Balaban J connectivity index is 2.96. The Morgan fingerprint density at radius 2 is 2.13 bits per heavy atom. The Hall–Kier alpha value is -1.24. The lowest BCUT2D eigenvalue weighted by Crippen LogP contribution is -1.98. The second-order valence-corrected chi connectivity index (χ2v) is 4.15. The number of aryl methyl sites for hydroxylation is 1. The molecule has 0 saturated heterocycles. The number of nitrogens with one attached hydrogen (secondary N) is 1. The summed E-state index contributed by atoms with van der Waals surface area (Å²) in [4.78, 5) is 0. The van der Waals surface area contributed by atoms with Gasteiger partial charge in [0, 0.05) is 12.7 Å². The lowest BCUT2D eigenvalue weighted by Gasteiger charge is -2.12. The summed E-state index contributed by atoms with van der Waals surface area (Å²) in [5.74, 6) is 0.596. The first-order valence-electron chi connectivity index (χ1n) is 5.60. The van der Waals surface area contributed by atoms with E-state index in [-0.39, 0.29) is 0 Å². The molecule has 1 heteroatoms. The maximum absolute atomic E-state index is 3.77. The lowest BCUT2D eigenvalue weighted by atomic mass is 9.97. The van der Waals surface area contributed by atoms with Crippen molar-refractivity contribution < 1.29 is 0 Å². The summed E-state index contributed by atoms with van der Waals surface area (Å²) < 4.78 is 0. The van der Waals surface area contributed by atoms with Gasteiger partial charge in [-0.2, -0.15) is 0 Å². The zero-order chi connectivity index (χ0) is 11.3. The molecule has 1 N–H and O–H groups in total. The van der Waals surface area contributed by atoms with Crippen LogP contribution < -0.4 is 5.32 Å². The van der Waals surface area contributed by atoms with Crippen molar-refractivity contribution in [3.8, 4) is 0 Å². The monoisotopic (exact) mass is 203 g/mol. The molecule has 0 aliphatic carbocycles. The molecule has 0 bridgehead atoms. The maximum atomic E-state index is 3.77. The second kappa shape index (κ2) is 5.59. The second-order valence-electron chi connectivity index (χ2n) is 4.15. The predicted octanol–water partition coefficient (Wildman–Crippen LogP) is 3.97. The summed E-state index contributed by atoms with van der Waals surface area (Å²) in [6, 6.07) is 6.68. The molecule has 0 unspecified atom stereocenters. The van der Waals surface area contributed by atoms with Crippen molar-refractivity contribution >= 4 is 5.69 Å². The smallest absolute Gasteiger partial charge is 0.0370 e. The van der Waals surface area contributed by atoms with E-state index in [1.54, 1.807) is 0 Å². The molecule has 1 nitrogen and oxygen atoms in total. The fraction of sp³-hybridized carbons (Fsp3) is 0.429. The van der Waals surface area contributed by atoms with E-state index in [0.717, 1.165) is 12.8 Å². The Morgan fingerprint density at radius 3 is 2.67 bits per heavy atom. The zero-order valence-corrected chi connectivity index (χ0v) is 10.0. The van der Waals surface area contributed by atoms with Crippen LogP contribution in [0.25, 0.3) is 0 Å². The third-order valence-corrected chi connectivity index (χ3v) is 2.68. The quantitative estimate of drug-likeness (QED) is 0.714. The largest absolute Gasteiger partial charge is 0.388 e. The highest BCUT2D eigenvalue weighted by Crippen LogP contribution is 2.23. The number of anilines is 1. The van der Waals surface area contributed by atoms with Gasteiger partial charge in [-0.25, -0.2) is 0 Å². The highest BCUT2D eigenvalue weighted by molar-refractivity contribution is 5.52. The van der Waals surface area contributed by atoms with Gasteiger partial charge in [-0.3, -0.25) is 0 Å². The van der Waals surface area contributed by atoms with Gasteiger partial charge in [0.25, 0.3) is 0 Å². The van der Waals surface area contributed by atoms with Gasteiger partial charge in [0.2, 0.25) is 0 Å². The Bertz CT molecular complexity index is 326. The van der Waals surface area contributed by atoms with Crippen LogP contribution in [0.15, 0.2) is 30.9 Å². The highest BCUT2D eigenvalue weighted by atomic mass is 14.8. The Morgan fingerprint density at radius 1 is 1.40 bits per heavy atom. The average Bonchev–Trinajstić information content (AvgIpc) is 2.25. The van der Waals surface area contributed by atoms with Crippen LogP contribution in [0.2, 0.25) is 0 Å². The minimum Gasteiger partial charge on any atom is -0.388 e. The molecular weight excluding hydrogens is 182 g/mol. The fourth-order valence-corrected chi connectivity index (χ4v) is 1.68. The molecule has 15 heavy (non-hydrogen) atoms. The van der Waals surface area contributed by atoms with Crippen molar-refractivity contribution in [1.82, 2.24) is 0 Å². The van der Waals surface area contributed by atoms with Crippen molar-refractivity contribution in [2.75, 3.05) is 12.4 Å². The molecule has 0 spiro atoms. The van der Waals surface area contributed by atoms with E-state index in [2.05, 4.69) is 43.9 Å². The molecule has 0 aromatic heterocycles. The third-order valence-electron chi connectivity index (χ3n) is 2.68. The normalized spacial score (nSPS) is 10.4. The van der Waals surface area contributed by atoms with E-state index in [4.69, 9.17) is 0 Å². The number of hydrogen-bond donors (Lipinski definition) is 1. The van der Waals surface area contributed by atoms with Crippen molar-refractivity contribution in [2.45, 2.75) is 32.6 Å². The van der Waals surface area contributed by atoms with E-state index in [1.807, 2.05) is 13.1 Å². The number of hydrogen-bond acceptors (Lipinski definition) is 1. The first-order valence-corrected chi connectivity index (χ1v) is 5.60. The molecule has 0 aliphatic heterocycles. The number of benzene rings is 1. The van der Waals surface area contributed by atoms with Gasteiger partial charge < -0.3 is 5.32 Å². The summed E-state index contributed by atoms with van der Waals surface area (Å²) in [6.45, 7) is 8.22. The zero-order valence-electron chi connectivity index (χ0n) is 10.0. The Kier molecular flexibility index (Phi) is 4.41. The molecule has 0 radical (unpaired) electrons. The summed E-state index contributed by atoms with van der Waals surface area (Å²) in [5.41, 5.74) is 4.04. The standard InChI is InChI=1S/C14H21N/c1-5-6-7-13-10-12(11(2)3)8-9-14(13)15-4/h5,8-11,15H,1,6-7H2,2-4H3. The summed E-state index contributed by atoms with van der Waals surface area (Å²) in [7, 11) is 1.97. The molecular formula is C14H21N. The van der Waals surface area contributed by atoms with Crippen molar-refractivity contribution in [2.24, 2.45) is 0 Å². The van der Waals surface area contributed by atoms with Gasteiger partial charge in [0.15, 0.2) is 0 Å². The molecule has 0 saturated carbocycles. The predicted molar refractivity (Wildman–Crippen MR) is 68.6 cm³/mol. The van der Waals surface area contributed by atoms with Gasteiger partial charge in [-0.05, 0) is 36.0 Å². The van der Waals surface area contributed by atoms with Gasteiger partial charge in [-0.1, -0.05) is 32.1 Å². The van der Waals surface area contributed by atoms with Crippen LogP contribution in [0.5, 0.6) is 0 Å². The van der Waals surface area contributed by atoms with Crippen molar-refractivity contribution in [3.63, 3.8) is 0 Å². The summed E-state index contributed by atoms with van der Waals surface area (Å²) in [6.07, 6.45) is 4.08. The molecule has 1 aromatic carbocycles. The van der Waals surface area contributed by atoms with Crippen LogP contribution in [0.3, 0.4) is 0 Å². The maximum Gasteiger partial charge on any atom is 0.0370 e. The first-order chi connectivity index (χ1) is 7.19. The van der Waals surface area contributed by atoms with E-state index in [0.29, 0.717) is 5.92 Å². The lowest BCUT2D eigenvalue weighted by molar-refractivity contribution is 0.860. The van der Waals surface area contributed by atoms with Crippen molar-refractivity contribution in [1.29, 1.82) is 0 Å². The SMILES string of the molecule is C=CCCc1cc(C(C)C)ccc1NC. The first kappa shape index (κ1) is 11.8. The third kappa shape index (κ3) is 3.12. The number of rotatable bonds is 5. The summed E-state index contributed by atoms with van der Waals surface area (Å²) in [5, 5.41) is 3.24. The van der Waals surface area contributed by atoms with Crippen molar-refractivity contribution in [3.05, 3.63) is 42.0 Å². The molecule has 1 aromatic rings. The van der Waals surface area contributed by atoms with Gasteiger partial charge in [0.05, 0.1) is 0 Å². The molecule has 0 atom stereocenters. The van der Waals surface area contributed by atoms with Gasteiger partial charge in [-0.15, -0.1) is 6.58 Å². The molecule has 0 fully saturated rings. The van der Waals surface area contributed by atoms with Crippen LogP contribution in [0.1, 0.15) is 37.3 Å². The highest BCUT2D eigenvalue weighted by Gasteiger charge is 2.04. The summed E-state index contributed by atoms with van der Waals surface area (Å²) >= 11 is 0. The van der Waals surface area contributed by atoms with Crippen LogP contribution in [-0.2, 0) is 6.42 Å². The topological polar surface area (TPSA) is 12.0 Å². The van der Waals surface area contributed by atoms with E-state index < -0.39 is 0 Å². The molecule has 82 valence electrons. The van der Waals surface area contributed by atoms with Crippen LogP contribution in [0.4, 0.5) is 5.69 Å². The van der Waals surface area contributed by atoms with Gasteiger partial charge in [0.1, 0.15) is 0 Å². The molecule has 0 aliphatic rings. The van der Waals surface area contributed by atoms with Crippen LogP contribution in [-0.4, -0.2) is 7.05 Å². The fourth-order valence-electron chi connectivity index (χ4n) is 1.68. The van der Waals surface area contributed by atoms with E-state index >= 15 is 0 Å². The van der Waals surface area contributed by atoms with Gasteiger partial charge >= 0.3 is 0 Å². The number of allylic oxidation sites excluding steroid dienone is 1. The minimum atomic E-state index is 0.596. The molecule has 0 heterocycles. The Labute approximate surface area is 93.2 Å². The molecule has 1 rings (SSSR count). The minimum absolute atomic E-state index is 0.596. The van der Waals surface area contributed by atoms with E-state index in [1.165, 1.54) is 16.8 Å².